The van der Waals surface area contributed by atoms with E-state index < -0.39 is 0 Å². The number of nitrogens with zero attached hydrogens (tertiary/aromatic N) is 5. The Hall–Kier alpha value is -3.96. The Bertz CT molecular complexity index is 1380. The molecule has 0 unspecified atom stereocenters. The first-order valence-corrected chi connectivity index (χ1v) is 11.2. The molecule has 2 heterocycles. The van der Waals surface area contributed by atoms with Gasteiger partial charge in [0.1, 0.15) is 23.9 Å². The first-order valence-electron chi connectivity index (χ1n) is 10.2. The molecule has 0 spiro atoms. The number of ether oxygens (including phenoxy) is 1. The first-order chi connectivity index (χ1) is 16.0. The van der Waals surface area contributed by atoms with Crippen LogP contribution in [0.4, 0.5) is 0 Å². The first kappa shape index (κ1) is 22.2. The summed E-state index contributed by atoms with van der Waals surface area (Å²) in [5, 5.41) is 10.2. The number of benzene rings is 2. The van der Waals surface area contributed by atoms with Crippen molar-refractivity contribution >= 4 is 11.8 Å². The molecule has 0 N–H and O–H groups in total. The second-order valence-electron chi connectivity index (χ2n) is 7.54. The van der Waals surface area contributed by atoms with Crippen molar-refractivity contribution in [2.75, 3.05) is 0 Å². The molecular formula is C25H21N5O2S. The van der Waals surface area contributed by atoms with Gasteiger partial charge in [0.25, 0.3) is 5.56 Å². The van der Waals surface area contributed by atoms with Crippen molar-refractivity contribution < 1.29 is 4.74 Å². The normalized spacial score (nSPS) is 10.6. The van der Waals surface area contributed by atoms with Crippen LogP contribution in [-0.2, 0) is 19.2 Å². The lowest BCUT2D eigenvalue weighted by atomic mass is 10.1. The Morgan fingerprint density at radius 1 is 1.12 bits per heavy atom. The Balaban J connectivity index is 1.47. The van der Waals surface area contributed by atoms with Gasteiger partial charge in [0, 0.05) is 43.4 Å². The van der Waals surface area contributed by atoms with Gasteiger partial charge in [0.2, 0.25) is 0 Å². The van der Waals surface area contributed by atoms with Gasteiger partial charge in [-0.3, -0.25) is 4.79 Å². The number of rotatable bonds is 7. The number of aromatic nitrogens is 4. The molecule has 0 aliphatic heterocycles. The van der Waals surface area contributed by atoms with Crippen LogP contribution in [0.5, 0.6) is 11.5 Å². The van der Waals surface area contributed by atoms with E-state index in [0.717, 1.165) is 16.7 Å². The van der Waals surface area contributed by atoms with Gasteiger partial charge in [-0.05, 0) is 47.9 Å². The smallest absolute Gasteiger partial charge is 0.277 e. The summed E-state index contributed by atoms with van der Waals surface area (Å²) in [6.07, 6.45) is 7.06. The molecule has 4 aromatic rings. The Morgan fingerprint density at radius 2 is 1.94 bits per heavy atom. The Kier molecular flexibility index (Phi) is 6.81. The minimum atomic E-state index is -0.265. The van der Waals surface area contributed by atoms with Gasteiger partial charge >= 0.3 is 0 Å². The average Bonchev–Trinajstić information content (AvgIpc) is 2.82. The molecule has 0 saturated heterocycles. The van der Waals surface area contributed by atoms with Crippen molar-refractivity contribution in [2.24, 2.45) is 7.05 Å². The third kappa shape index (κ3) is 5.64. The molecule has 7 nitrogen and oxygen atoms in total. The van der Waals surface area contributed by atoms with Crippen LogP contribution in [0.2, 0.25) is 0 Å². The molecule has 0 aliphatic rings. The van der Waals surface area contributed by atoms with Crippen LogP contribution >= 0.6 is 11.8 Å². The maximum Gasteiger partial charge on any atom is 0.277 e. The topological polar surface area (TPSA) is 93.7 Å². The van der Waals surface area contributed by atoms with Crippen molar-refractivity contribution in [3.8, 4) is 17.6 Å². The summed E-state index contributed by atoms with van der Waals surface area (Å²) in [7, 11) is 1.86. The fourth-order valence-corrected chi connectivity index (χ4v) is 4.15. The van der Waals surface area contributed by atoms with Crippen LogP contribution in [0.3, 0.4) is 0 Å². The summed E-state index contributed by atoms with van der Waals surface area (Å²) in [6.45, 7) is 1.99. The second-order valence-corrected chi connectivity index (χ2v) is 8.48. The monoisotopic (exact) mass is 455 g/mol. The molecule has 33 heavy (non-hydrogen) atoms. The molecule has 0 amide bonds. The van der Waals surface area contributed by atoms with Gasteiger partial charge in [0.05, 0.1) is 5.56 Å². The maximum absolute atomic E-state index is 12.5. The molecule has 8 heteroatoms. The highest BCUT2D eigenvalue weighted by atomic mass is 32.2. The summed E-state index contributed by atoms with van der Waals surface area (Å²) in [6, 6.07) is 15.4. The number of nitriles is 1. The fraction of sp³-hybridized carbons (Fsp3) is 0.160. The van der Waals surface area contributed by atoms with Crippen LogP contribution in [0.25, 0.3) is 0 Å². The lowest BCUT2D eigenvalue weighted by molar-refractivity contribution is 0.480. The highest BCUT2D eigenvalue weighted by Gasteiger charge is 2.11. The van der Waals surface area contributed by atoms with Crippen LogP contribution in [0.15, 0.2) is 77.3 Å². The van der Waals surface area contributed by atoms with Gasteiger partial charge in [-0.25, -0.2) is 9.97 Å². The van der Waals surface area contributed by atoms with E-state index in [1.807, 2.05) is 48.9 Å². The average molecular weight is 456 g/mol. The van der Waals surface area contributed by atoms with Gasteiger partial charge in [-0.1, -0.05) is 30.0 Å². The summed E-state index contributed by atoms with van der Waals surface area (Å²) < 4.78 is 7.74. The minimum Gasteiger partial charge on any atom is -0.456 e. The molecule has 0 saturated carbocycles. The highest BCUT2D eigenvalue weighted by molar-refractivity contribution is 7.98. The summed E-state index contributed by atoms with van der Waals surface area (Å²) in [5.41, 5.74) is 3.65. The van der Waals surface area contributed by atoms with Crippen LogP contribution in [0.1, 0.15) is 27.8 Å². The Labute approximate surface area is 195 Å². The zero-order valence-electron chi connectivity index (χ0n) is 18.2. The quantitative estimate of drug-likeness (QED) is 0.301. The predicted molar refractivity (Wildman–Crippen MR) is 126 cm³/mol. The molecule has 164 valence electrons. The molecule has 2 aromatic carbocycles. The van der Waals surface area contributed by atoms with E-state index in [9.17, 15) is 10.1 Å². The fourth-order valence-electron chi connectivity index (χ4n) is 3.28. The molecule has 0 radical (unpaired) electrons. The van der Waals surface area contributed by atoms with Crippen molar-refractivity contribution in [3.05, 3.63) is 106 Å². The summed E-state index contributed by atoms with van der Waals surface area (Å²) in [4.78, 5) is 24.7. The number of hydrogen-bond donors (Lipinski definition) is 0. The molecule has 0 bridgehead atoms. The predicted octanol–water partition coefficient (Wildman–Crippen LogP) is 4.43. The Morgan fingerprint density at radius 3 is 2.70 bits per heavy atom. The number of thioether (sulfide) groups is 1. The lowest BCUT2D eigenvalue weighted by Crippen LogP contribution is -2.18. The molecular weight excluding hydrogens is 434 g/mol. The van der Waals surface area contributed by atoms with Crippen molar-refractivity contribution in [3.63, 3.8) is 0 Å². The molecule has 4 rings (SSSR count). The van der Waals surface area contributed by atoms with Crippen molar-refractivity contribution in [2.45, 2.75) is 24.3 Å². The minimum absolute atomic E-state index is 0.265. The van der Waals surface area contributed by atoms with Crippen molar-refractivity contribution in [1.82, 2.24) is 19.5 Å². The standard InChI is InChI=1S/C25H21N5O2S/c1-17-4-3-5-22(8-17)32-23-7-6-18(9-20(23)11-26)15-33-25-29-24(31)21(14-30(25)2)10-19-12-27-16-28-13-19/h3-9,12-14,16H,10,15H2,1-2H3. The highest BCUT2D eigenvalue weighted by Crippen LogP contribution is 2.28. The second kappa shape index (κ2) is 10.1. The molecule has 0 aliphatic carbocycles. The molecule has 0 atom stereocenters. The van der Waals surface area contributed by atoms with Crippen molar-refractivity contribution in [1.29, 1.82) is 5.26 Å². The maximum atomic E-state index is 12.5. The number of aryl methyl sites for hydroxylation is 2. The molecule has 0 fully saturated rings. The molecule has 2 aromatic heterocycles. The van der Waals surface area contributed by atoms with Gasteiger partial charge in [-0.15, -0.1) is 0 Å². The zero-order valence-corrected chi connectivity index (χ0v) is 19.0. The van der Waals surface area contributed by atoms with Crippen LogP contribution < -0.4 is 10.3 Å². The largest absolute Gasteiger partial charge is 0.456 e. The van der Waals surface area contributed by atoms with E-state index in [2.05, 4.69) is 21.0 Å². The van der Waals surface area contributed by atoms with E-state index in [1.54, 1.807) is 30.7 Å². The SMILES string of the molecule is Cc1cccc(Oc2ccc(CSc3nc(=O)c(Cc4cncnc4)cn3C)cc2C#N)c1. The summed E-state index contributed by atoms with van der Waals surface area (Å²) >= 11 is 1.44. The third-order valence-electron chi connectivity index (χ3n) is 4.88. The van der Waals surface area contributed by atoms with E-state index in [4.69, 9.17) is 4.74 Å². The van der Waals surface area contributed by atoms with E-state index in [0.29, 0.717) is 40.0 Å². The van der Waals surface area contributed by atoms with Crippen LogP contribution in [0, 0.1) is 18.3 Å². The van der Waals surface area contributed by atoms with E-state index >= 15 is 0 Å². The lowest BCUT2D eigenvalue weighted by Gasteiger charge is -2.11. The van der Waals surface area contributed by atoms with E-state index in [-0.39, 0.29) is 5.56 Å². The van der Waals surface area contributed by atoms with Gasteiger partial charge in [-0.2, -0.15) is 10.2 Å². The van der Waals surface area contributed by atoms with Gasteiger partial charge in [0.15, 0.2) is 5.16 Å². The van der Waals surface area contributed by atoms with Gasteiger partial charge < -0.3 is 9.30 Å². The van der Waals surface area contributed by atoms with E-state index in [1.165, 1.54) is 18.1 Å². The number of hydrogen-bond acceptors (Lipinski definition) is 7. The van der Waals surface area contributed by atoms with Crippen LogP contribution in [-0.4, -0.2) is 19.5 Å². The third-order valence-corrected chi connectivity index (χ3v) is 6.00. The summed E-state index contributed by atoms with van der Waals surface area (Å²) in [5.74, 6) is 1.76. The zero-order chi connectivity index (χ0) is 23.2.